The fraction of sp³-hybridized carbons (Fsp3) is 0.562. The smallest absolute Gasteiger partial charge is 0.226 e. The third-order valence-corrected chi connectivity index (χ3v) is 3.94. The highest BCUT2D eigenvalue weighted by Crippen LogP contribution is 2.40. The van der Waals surface area contributed by atoms with E-state index < -0.39 is 37.0 Å². The predicted octanol–water partition coefficient (Wildman–Crippen LogP) is 3.50. The normalized spacial score (nSPS) is 30.9. The lowest BCUT2D eigenvalue weighted by Crippen LogP contribution is -2.43. The van der Waals surface area contributed by atoms with Crippen molar-refractivity contribution in [3.8, 4) is 0 Å². The van der Waals surface area contributed by atoms with E-state index in [4.69, 9.17) is 4.74 Å². The van der Waals surface area contributed by atoms with E-state index in [2.05, 4.69) is 5.32 Å². The van der Waals surface area contributed by atoms with Crippen molar-refractivity contribution in [1.82, 2.24) is 0 Å². The zero-order valence-corrected chi connectivity index (χ0v) is 12.6. The molecule has 1 amide bonds. The number of anilines is 1. The maximum absolute atomic E-state index is 13.9. The summed E-state index contributed by atoms with van der Waals surface area (Å²) < 4.78 is 59.6. The van der Waals surface area contributed by atoms with Crippen molar-refractivity contribution in [2.24, 2.45) is 0 Å². The van der Waals surface area contributed by atoms with Crippen molar-refractivity contribution in [3.05, 3.63) is 29.8 Å². The number of benzene rings is 1. The quantitative estimate of drug-likeness (QED) is 0.838. The summed E-state index contributed by atoms with van der Waals surface area (Å²) in [5, 5.41) is 2.59. The fourth-order valence-electron chi connectivity index (χ4n) is 2.68. The molecule has 0 spiro atoms. The third kappa shape index (κ3) is 4.22. The van der Waals surface area contributed by atoms with Crippen LogP contribution >= 0.6 is 0 Å². The fourth-order valence-corrected chi connectivity index (χ4v) is 2.68. The van der Waals surface area contributed by atoms with Crippen LogP contribution in [0.4, 0.5) is 23.2 Å². The van der Waals surface area contributed by atoms with E-state index in [1.54, 1.807) is 0 Å². The van der Waals surface area contributed by atoms with Crippen LogP contribution in [0, 0.1) is 0 Å². The van der Waals surface area contributed by atoms with Gasteiger partial charge in [0.15, 0.2) is 0 Å². The molecule has 1 aliphatic carbocycles. The summed E-state index contributed by atoms with van der Waals surface area (Å²) in [4.78, 5) is 11.5. The summed E-state index contributed by atoms with van der Waals surface area (Å²) in [5.74, 6) is -1.75. The summed E-state index contributed by atoms with van der Waals surface area (Å²) in [6.07, 6.45) is -8.79. The number of alkyl halides is 4. The molecule has 3 nitrogen and oxygen atoms in total. The second kappa shape index (κ2) is 7.77. The topological polar surface area (TPSA) is 38.3 Å². The SMILES string of the molecule is COCCC(=O)Nc1ccc(C2[C@@H](F)[C@@H](F)C[C@@H](F)[C@H]2F)cc1. The first kappa shape index (κ1) is 17.7. The van der Waals surface area contributed by atoms with Crippen LogP contribution < -0.4 is 5.32 Å². The Morgan fingerprint density at radius 1 is 1.13 bits per heavy atom. The number of rotatable bonds is 5. The zero-order chi connectivity index (χ0) is 17.0. The first-order valence-electron chi connectivity index (χ1n) is 7.39. The number of carbonyl (C=O) groups excluding carboxylic acids is 1. The summed E-state index contributed by atoms with van der Waals surface area (Å²) in [6.45, 7) is 0.273. The molecule has 1 aromatic rings. The van der Waals surface area contributed by atoms with Gasteiger partial charge in [0, 0.05) is 19.2 Å². The zero-order valence-electron chi connectivity index (χ0n) is 12.6. The van der Waals surface area contributed by atoms with Crippen molar-refractivity contribution >= 4 is 11.6 Å². The van der Waals surface area contributed by atoms with Gasteiger partial charge >= 0.3 is 0 Å². The van der Waals surface area contributed by atoms with Gasteiger partial charge in [-0.2, -0.15) is 0 Å². The van der Waals surface area contributed by atoms with Crippen LogP contribution in [-0.4, -0.2) is 44.3 Å². The van der Waals surface area contributed by atoms with E-state index >= 15 is 0 Å². The molecular formula is C16H19F4NO2. The molecule has 1 fully saturated rings. The molecule has 1 unspecified atom stereocenters. The van der Waals surface area contributed by atoms with E-state index in [0.29, 0.717) is 5.69 Å². The molecule has 1 aliphatic rings. The Kier molecular flexibility index (Phi) is 5.98. The van der Waals surface area contributed by atoms with Gasteiger partial charge in [0.25, 0.3) is 0 Å². The number of nitrogens with one attached hydrogen (secondary N) is 1. The van der Waals surface area contributed by atoms with Crippen molar-refractivity contribution in [2.75, 3.05) is 19.0 Å². The molecule has 0 radical (unpaired) electrons. The lowest BCUT2D eigenvalue weighted by atomic mass is 9.79. The molecule has 0 bridgehead atoms. The second-order valence-corrected chi connectivity index (χ2v) is 5.60. The molecule has 7 heteroatoms. The van der Waals surface area contributed by atoms with Gasteiger partial charge in [0.05, 0.1) is 18.9 Å². The molecular weight excluding hydrogens is 314 g/mol. The molecule has 1 N–H and O–H groups in total. The monoisotopic (exact) mass is 333 g/mol. The van der Waals surface area contributed by atoms with Crippen LogP contribution in [0.2, 0.25) is 0 Å². The Balaban J connectivity index is 2.07. The van der Waals surface area contributed by atoms with Crippen LogP contribution in [0.1, 0.15) is 24.3 Å². The lowest BCUT2D eigenvalue weighted by molar-refractivity contribution is -0.117. The van der Waals surface area contributed by atoms with E-state index in [1.165, 1.54) is 31.4 Å². The van der Waals surface area contributed by atoms with Crippen LogP contribution in [0.5, 0.6) is 0 Å². The Labute approximate surface area is 132 Å². The van der Waals surface area contributed by atoms with E-state index in [1.807, 2.05) is 0 Å². The Morgan fingerprint density at radius 2 is 1.70 bits per heavy atom. The van der Waals surface area contributed by atoms with Gasteiger partial charge in [-0.3, -0.25) is 4.79 Å². The average Bonchev–Trinajstić information content (AvgIpc) is 2.53. The summed E-state index contributed by atoms with van der Waals surface area (Å²) in [5.41, 5.74) is 0.606. The average molecular weight is 333 g/mol. The number of amides is 1. The Bertz CT molecular complexity index is 511. The van der Waals surface area contributed by atoms with Gasteiger partial charge in [-0.05, 0) is 17.7 Å². The highest BCUT2D eigenvalue weighted by molar-refractivity contribution is 5.90. The molecule has 0 saturated heterocycles. The predicted molar refractivity (Wildman–Crippen MR) is 78.5 cm³/mol. The maximum atomic E-state index is 13.9. The van der Waals surface area contributed by atoms with E-state index in [-0.39, 0.29) is 24.5 Å². The van der Waals surface area contributed by atoms with E-state index in [9.17, 15) is 22.4 Å². The maximum Gasteiger partial charge on any atom is 0.226 e. The summed E-state index contributed by atoms with van der Waals surface area (Å²) in [7, 11) is 1.48. The highest BCUT2D eigenvalue weighted by Gasteiger charge is 2.47. The Morgan fingerprint density at radius 3 is 2.22 bits per heavy atom. The Hall–Kier alpha value is -1.63. The second-order valence-electron chi connectivity index (χ2n) is 5.60. The molecule has 0 aliphatic heterocycles. The number of methoxy groups -OCH3 is 1. The summed E-state index contributed by atoms with van der Waals surface area (Å²) in [6, 6.07) is 5.66. The van der Waals surface area contributed by atoms with E-state index in [0.717, 1.165) is 0 Å². The third-order valence-electron chi connectivity index (χ3n) is 3.94. The lowest BCUT2D eigenvalue weighted by Gasteiger charge is -2.34. The summed E-state index contributed by atoms with van der Waals surface area (Å²) >= 11 is 0. The number of ether oxygens (including phenoxy) is 1. The molecule has 1 saturated carbocycles. The van der Waals surface area contributed by atoms with Crippen LogP contribution in [0.3, 0.4) is 0 Å². The highest BCUT2D eigenvalue weighted by atomic mass is 19.2. The van der Waals surface area contributed by atoms with Crippen LogP contribution in [0.25, 0.3) is 0 Å². The van der Waals surface area contributed by atoms with Crippen molar-refractivity contribution < 1.29 is 27.1 Å². The van der Waals surface area contributed by atoms with Crippen molar-refractivity contribution in [2.45, 2.75) is 43.4 Å². The molecule has 1 aromatic carbocycles. The minimum absolute atomic E-state index is 0.171. The molecule has 23 heavy (non-hydrogen) atoms. The number of hydrogen-bond acceptors (Lipinski definition) is 2. The van der Waals surface area contributed by atoms with Gasteiger partial charge in [0.1, 0.15) is 24.7 Å². The number of halogens is 4. The van der Waals surface area contributed by atoms with Gasteiger partial charge in [0.2, 0.25) is 5.91 Å². The largest absolute Gasteiger partial charge is 0.384 e. The van der Waals surface area contributed by atoms with Crippen molar-refractivity contribution in [3.63, 3.8) is 0 Å². The van der Waals surface area contributed by atoms with Gasteiger partial charge in [-0.15, -0.1) is 0 Å². The standard InChI is InChI=1S/C16H19F4NO2/c1-23-7-6-13(22)21-10-4-2-9(3-5-10)14-15(19)11(17)8-12(18)16(14)20/h2-5,11-12,14-16H,6-8H2,1H3,(H,21,22)/t11-,12+,14?,15-,16+. The number of carbonyl (C=O) groups is 1. The minimum Gasteiger partial charge on any atom is -0.384 e. The molecule has 5 atom stereocenters. The molecule has 0 aromatic heterocycles. The minimum atomic E-state index is -2.08. The molecule has 0 heterocycles. The van der Waals surface area contributed by atoms with Gasteiger partial charge in [-0.1, -0.05) is 12.1 Å². The molecule has 128 valence electrons. The van der Waals surface area contributed by atoms with Crippen LogP contribution in [0.15, 0.2) is 24.3 Å². The molecule has 2 rings (SSSR count). The number of hydrogen-bond donors (Lipinski definition) is 1. The first-order valence-corrected chi connectivity index (χ1v) is 7.39. The van der Waals surface area contributed by atoms with Gasteiger partial charge < -0.3 is 10.1 Å². The van der Waals surface area contributed by atoms with Crippen molar-refractivity contribution in [1.29, 1.82) is 0 Å². The first-order chi connectivity index (χ1) is 10.9. The van der Waals surface area contributed by atoms with Crippen LogP contribution in [-0.2, 0) is 9.53 Å². The van der Waals surface area contributed by atoms with Gasteiger partial charge in [-0.25, -0.2) is 17.6 Å².